The van der Waals surface area contributed by atoms with Crippen molar-refractivity contribution in [2.45, 2.75) is 36.3 Å². The number of nitrogens with two attached hydrogens (primary N) is 2. The van der Waals surface area contributed by atoms with Crippen molar-refractivity contribution in [3.05, 3.63) is 46.9 Å². The first-order chi connectivity index (χ1) is 19.8. The quantitative estimate of drug-likeness (QED) is 0.0560. The van der Waals surface area contributed by atoms with E-state index in [1.807, 2.05) is 16.7 Å². The first-order valence-electron chi connectivity index (χ1n) is 12.6. The number of aliphatic carboxylic acids is 1. The number of rotatable bonds is 12. The number of amides is 2. The van der Waals surface area contributed by atoms with Gasteiger partial charge in [-0.15, -0.1) is 39.4 Å². The molecule has 17 heteroatoms. The van der Waals surface area contributed by atoms with E-state index in [2.05, 4.69) is 20.6 Å². The summed E-state index contributed by atoms with van der Waals surface area (Å²) >= 11 is 4.09. The van der Waals surface area contributed by atoms with Gasteiger partial charge in [-0.2, -0.15) is 0 Å². The van der Waals surface area contributed by atoms with E-state index in [1.54, 1.807) is 41.0 Å². The van der Waals surface area contributed by atoms with Gasteiger partial charge in [0.05, 0.1) is 11.7 Å². The van der Waals surface area contributed by atoms with Crippen LogP contribution in [0.5, 0.6) is 0 Å². The van der Waals surface area contributed by atoms with Crippen LogP contribution in [-0.4, -0.2) is 79.1 Å². The number of carboxylic acids is 1. The Morgan fingerprint density at radius 1 is 1.39 bits per heavy atom. The summed E-state index contributed by atoms with van der Waals surface area (Å²) in [4.78, 5) is 48.8. The zero-order valence-electron chi connectivity index (χ0n) is 21.9. The molecule has 2 aliphatic heterocycles. The van der Waals surface area contributed by atoms with Crippen molar-refractivity contribution in [2.24, 2.45) is 10.9 Å². The number of carbonyl (C=O) groups is 3. The van der Waals surface area contributed by atoms with Crippen LogP contribution in [0.2, 0.25) is 0 Å². The third-order valence-corrected chi connectivity index (χ3v) is 9.27. The van der Waals surface area contributed by atoms with Gasteiger partial charge in [-0.25, -0.2) is 9.55 Å². The van der Waals surface area contributed by atoms with Crippen molar-refractivity contribution < 1.29 is 28.9 Å². The minimum Gasteiger partial charge on any atom is -0.543 e. The highest BCUT2D eigenvalue weighted by Crippen LogP contribution is 2.40. The molecule has 0 radical (unpaired) electrons. The van der Waals surface area contributed by atoms with Gasteiger partial charge in [0.1, 0.15) is 41.5 Å². The molecule has 0 unspecified atom stereocenters. The Bertz CT molecular complexity index is 1550. The molecule has 5 rings (SSSR count). The topological polar surface area (TPSA) is 197 Å². The molecule has 216 valence electrons. The van der Waals surface area contributed by atoms with Crippen LogP contribution in [0, 0.1) is 0 Å². The number of nitrogens with one attached hydrogen (secondary N) is 1. The third-order valence-electron chi connectivity index (χ3n) is 6.25. The molecule has 0 aromatic carbocycles. The second-order valence-corrected chi connectivity index (χ2v) is 12.0. The maximum atomic E-state index is 13.2. The van der Waals surface area contributed by atoms with E-state index in [-0.39, 0.29) is 35.4 Å². The molecule has 0 spiro atoms. The molecular weight excluding hydrogens is 591 g/mol. The highest BCUT2D eigenvalue weighted by molar-refractivity contribution is 8.00. The fourth-order valence-corrected chi connectivity index (χ4v) is 7.09. The maximum Gasteiger partial charge on any atom is 0.307 e. The maximum absolute atomic E-state index is 13.2. The molecule has 41 heavy (non-hydrogen) atoms. The molecule has 3 aromatic heterocycles. The summed E-state index contributed by atoms with van der Waals surface area (Å²) in [6, 6.07) is 2.85. The number of oxime groups is 1. The Morgan fingerprint density at radius 3 is 2.93 bits per heavy atom. The van der Waals surface area contributed by atoms with Crippen LogP contribution >= 0.6 is 34.9 Å². The Morgan fingerprint density at radius 2 is 2.22 bits per heavy atom. The van der Waals surface area contributed by atoms with Gasteiger partial charge >= 0.3 is 5.65 Å². The zero-order valence-corrected chi connectivity index (χ0v) is 24.3. The van der Waals surface area contributed by atoms with Crippen molar-refractivity contribution in [3.8, 4) is 0 Å². The molecule has 5 N–H and O–H groups in total. The van der Waals surface area contributed by atoms with Gasteiger partial charge in [0, 0.05) is 28.5 Å². The van der Waals surface area contributed by atoms with Crippen molar-refractivity contribution in [3.63, 3.8) is 0 Å². The van der Waals surface area contributed by atoms with Crippen molar-refractivity contribution >= 4 is 69.1 Å². The van der Waals surface area contributed by atoms with Gasteiger partial charge < -0.3 is 31.5 Å². The van der Waals surface area contributed by atoms with Crippen LogP contribution in [-0.2, 0) is 25.8 Å². The molecule has 2 atom stereocenters. The summed E-state index contributed by atoms with van der Waals surface area (Å²) in [6.45, 7) is 2.76. The molecule has 2 amide bonds. The summed E-state index contributed by atoms with van der Waals surface area (Å²) in [7, 11) is 0. The van der Waals surface area contributed by atoms with E-state index in [1.165, 1.54) is 16.7 Å². The van der Waals surface area contributed by atoms with E-state index in [9.17, 15) is 19.5 Å². The SMILES string of the molecule is CCO/N=C(\C(=O)N[C@@H]1C(=O)N2C(C(=O)[O-])=C(C[n+]3ccn4nc(SCCCN)ccc43)CS[C@H]12)c1csc(N)n1. The minimum absolute atomic E-state index is 0.130. The van der Waals surface area contributed by atoms with Crippen LogP contribution < -0.4 is 26.5 Å². The monoisotopic (exact) mass is 617 g/mol. The number of anilines is 1. The summed E-state index contributed by atoms with van der Waals surface area (Å²) in [5, 5.41) is 25.4. The van der Waals surface area contributed by atoms with E-state index in [4.69, 9.17) is 16.3 Å². The van der Waals surface area contributed by atoms with Gasteiger partial charge in [-0.05, 0) is 26.0 Å². The van der Waals surface area contributed by atoms with Crippen molar-refractivity contribution in [2.75, 3.05) is 30.4 Å². The first kappa shape index (κ1) is 28.8. The largest absolute Gasteiger partial charge is 0.543 e. The van der Waals surface area contributed by atoms with Crippen molar-refractivity contribution in [1.82, 2.24) is 24.8 Å². The molecule has 1 fully saturated rings. The molecule has 2 aliphatic rings. The Labute approximate surface area is 246 Å². The third kappa shape index (κ3) is 5.88. The van der Waals surface area contributed by atoms with Gasteiger partial charge in [0.25, 0.3) is 11.8 Å². The first-order valence-corrected chi connectivity index (χ1v) is 15.5. The standard InChI is InChI=1S/C24H27N9O5S3/c1-2-38-30-17(14-12-41-24(26)27-14)20(34)28-18-21(35)33-19(23(36)37)13(11-40-22(18)33)10-31-7-8-32-16(31)5-4-15(29-32)39-9-3-6-25/h4-5,7-8,12,18,22H,2-3,6,9-11,25H2,1H3,(H3-,26,27,28,34,36,37)/b30-17-/t18-,22-/m1/s1. The molecule has 3 aromatic rings. The molecule has 5 heterocycles. The van der Waals surface area contributed by atoms with E-state index >= 15 is 0 Å². The average Bonchev–Trinajstić information content (AvgIpc) is 3.57. The number of hydrogen-bond acceptors (Lipinski definition) is 13. The molecule has 14 nitrogen and oxygen atoms in total. The number of imidazole rings is 1. The lowest BCUT2D eigenvalue weighted by atomic mass is 10.0. The summed E-state index contributed by atoms with van der Waals surface area (Å²) < 4.78 is 3.58. The fraction of sp³-hybridized carbons (Fsp3) is 0.375. The Hall–Kier alpha value is -3.67. The Kier molecular flexibility index (Phi) is 8.77. The van der Waals surface area contributed by atoms with Crippen molar-refractivity contribution in [1.29, 1.82) is 0 Å². The van der Waals surface area contributed by atoms with Gasteiger partial charge in [-0.1, -0.05) is 10.3 Å². The number of carboxylic acid groups (broad SMARTS) is 1. The van der Waals surface area contributed by atoms with Gasteiger partial charge in [0.2, 0.25) is 0 Å². The second kappa shape index (κ2) is 12.5. The number of nitrogens with zero attached hydrogens (tertiary/aromatic N) is 6. The predicted octanol–water partition coefficient (Wildman–Crippen LogP) is -1.05. The Balaban J connectivity index is 1.33. The zero-order chi connectivity index (χ0) is 29.1. The molecule has 0 saturated carbocycles. The summed E-state index contributed by atoms with van der Waals surface area (Å²) in [6.07, 6.45) is 4.48. The number of fused-ring (bicyclic) bond motifs is 2. The number of thiazole rings is 1. The molecule has 1 saturated heterocycles. The van der Waals surface area contributed by atoms with Crippen LogP contribution in [0.15, 0.2) is 51.4 Å². The second-order valence-electron chi connectivity index (χ2n) is 8.92. The normalized spacial score (nSPS) is 18.8. The van der Waals surface area contributed by atoms with Crippen LogP contribution in [0.1, 0.15) is 19.0 Å². The lowest BCUT2D eigenvalue weighted by Gasteiger charge is -2.50. The molecular formula is C24H27N9O5S3. The highest BCUT2D eigenvalue weighted by Gasteiger charge is 2.53. The fourth-order valence-electron chi connectivity index (χ4n) is 4.38. The summed E-state index contributed by atoms with van der Waals surface area (Å²) in [5.74, 6) is -1.52. The average molecular weight is 618 g/mol. The summed E-state index contributed by atoms with van der Waals surface area (Å²) in [5.41, 5.74) is 12.4. The van der Waals surface area contributed by atoms with Gasteiger partial charge in [-0.3, -0.25) is 14.5 Å². The number of β-lactam (4-membered cyclic amide) rings is 1. The lowest BCUT2D eigenvalue weighted by Crippen LogP contribution is -2.71. The number of aromatic nitrogens is 4. The van der Waals surface area contributed by atoms with E-state index in [0.29, 0.717) is 17.9 Å². The van der Waals surface area contributed by atoms with Crippen LogP contribution in [0.25, 0.3) is 5.65 Å². The van der Waals surface area contributed by atoms with Crippen LogP contribution in [0.3, 0.4) is 0 Å². The van der Waals surface area contributed by atoms with Crippen LogP contribution in [0.4, 0.5) is 5.13 Å². The highest BCUT2D eigenvalue weighted by atomic mass is 32.2. The molecule has 0 bridgehead atoms. The number of carbonyl (C=O) groups excluding carboxylic acids is 3. The van der Waals surface area contributed by atoms with E-state index < -0.39 is 29.2 Å². The number of hydrogen-bond donors (Lipinski definition) is 3. The smallest absolute Gasteiger partial charge is 0.307 e. The van der Waals surface area contributed by atoms with E-state index in [0.717, 1.165) is 34.2 Å². The predicted molar refractivity (Wildman–Crippen MR) is 152 cm³/mol. The van der Waals surface area contributed by atoms with Gasteiger partial charge in [0.15, 0.2) is 17.0 Å². The number of nitrogen functional groups attached to an aromatic ring is 1. The molecule has 0 aliphatic carbocycles. The number of thioether (sulfide) groups is 2. The lowest BCUT2D eigenvalue weighted by molar-refractivity contribution is -0.662. The minimum atomic E-state index is -1.46.